The molecule has 0 saturated carbocycles. The van der Waals surface area contributed by atoms with Crippen molar-refractivity contribution < 1.29 is 9.47 Å². The molecule has 0 radical (unpaired) electrons. The Labute approximate surface area is 140 Å². The minimum absolute atomic E-state index is 0.378. The van der Waals surface area contributed by atoms with Crippen LogP contribution in [-0.2, 0) is 9.47 Å². The summed E-state index contributed by atoms with van der Waals surface area (Å²) in [6.07, 6.45) is 20.6. The zero-order chi connectivity index (χ0) is 16.5. The Morgan fingerprint density at radius 2 is 0.864 bits per heavy atom. The van der Waals surface area contributed by atoms with Gasteiger partial charge in [-0.3, -0.25) is 0 Å². The average molecular weight is 315 g/mol. The van der Waals surface area contributed by atoms with Gasteiger partial charge < -0.3 is 9.47 Å². The summed E-state index contributed by atoms with van der Waals surface area (Å²) >= 11 is 0. The Kier molecular flexibility index (Phi) is 15.7. The van der Waals surface area contributed by atoms with Gasteiger partial charge in [0.15, 0.2) is 5.79 Å². The van der Waals surface area contributed by atoms with Crippen LogP contribution in [0.15, 0.2) is 0 Å². The monoisotopic (exact) mass is 314 g/mol. The Bertz CT molecular complexity index is 212. The molecular weight excluding hydrogens is 272 g/mol. The zero-order valence-corrected chi connectivity index (χ0v) is 15.9. The lowest BCUT2D eigenvalue weighted by molar-refractivity contribution is -0.197. The van der Waals surface area contributed by atoms with Gasteiger partial charge in [-0.25, -0.2) is 0 Å². The fourth-order valence-corrected chi connectivity index (χ4v) is 2.93. The summed E-state index contributed by atoms with van der Waals surface area (Å²) in [6.45, 7) is 4.31. The van der Waals surface area contributed by atoms with E-state index in [1.807, 2.05) is 6.92 Å². The molecule has 0 heterocycles. The summed E-state index contributed by atoms with van der Waals surface area (Å²) in [5.41, 5.74) is 0. The molecule has 0 aliphatic rings. The van der Waals surface area contributed by atoms with Crippen molar-refractivity contribution in [1.82, 2.24) is 0 Å². The number of unbranched alkanes of at least 4 members (excludes halogenated alkanes) is 13. The molecule has 0 amide bonds. The van der Waals surface area contributed by atoms with Crippen molar-refractivity contribution in [3.05, 3.63) is 0 Å². The molecule has 2 heteroatoms. The van der Waals surface area contributed by atoms with Crippen LogP contribution in [-0.4, -0.2) is 20.0 Å². The van der Waals surface area contributed by atoms with Crippen LogP contribution < -0.4 is 0 Å². The highest BCUT2D eigenvalue weighted by atomic mass is 16.7. The Balaban J connectivity index is 3.14. The molecule has 0 rings (SSSR count). The van der Waals surface area contributed by atoms with Gasteiger partial charge in [-0.2, -0.15) is 0 Å². The van der Waals surface area contributed by atoms with Gasteiger partial charge in [0.2, 0.25) is 0 Å². The molecule has 0 aromatic carbocycles. The van der Waals surface area contributed by atoms with E-state index in [9.17, 15) is 0 Å². The van der Waals surface area contributed by atoms with Crippen LogP contribution in [0.2, 0.25) is 0 Å². The third kappa shape index (κ3) is 13.6. The van der Waals surface area contributed by atoms with Crippen molar-refractivity contribution in [2.75, 3.05) is 14.2 Å². The first kappa shape index (κ1) is 21.9. The fraction of sp³-hybridized carbons (Fsp3) is 1.00. The van der Waals surface area contributed by atoms with E-state index >= 15 is 0 Å². The molecule has 0 saturated heterocycles. The van der Waals surface area contributed by atoms with Gasteiger partial charge in [-0.1, -0.05) is 90.4 Å². The molecule has 0 spiro atoms. The first-order chi connectivity index (χ1) is 10.7. The minimum atomic E-state index is -0.378. The summed E-state index contributed by atoms with van der Waals surface area (Å²) < 4.78 is 10.8. The van der Waals surface area contributed by atoms with Crippen LogP contribution >= 0.6 is 0 Å². The maximum Gasteiger partial charge on any atom is 0.164 e. The van der Waals surface area contributed by atoms with Crippen LogP contribution in [0.25, 0.3) is 0 Å². The fourth-order valence-electron chi connectivity index (χ4n) is 2.93. The highest BCUT2D eigenvalue weighted by Crippen LogP contribution is 2.20. The number of methoxy groups -OCH3 is 2. The molecule has 0 aliphatic heterocycles. The van der Waals surface area contributed by atoms with Crippen LogP contribution in [0.1, 0.15) is 110 Å². The van der Waals surface area contributed by atoms with E-state index < -0.39 is 0 Å². The van der Waals surface area contributed by atoms with Crippen molar-refractivity contribution >= 4 is 0 Å². The number of ether oxygens (including phenoxy) is 2. The molecule has 0 fully saturated rings. The summed E-state index contributed by atoms with van der Waals surface area (Å²) in [5, 5.41) is 0. The zero-order valence-electron chi connectivity index (χ0n) is 15.9. The maximum absolute atomic E-state index is 5.38. The first-order valence-electron chi connectivity index (χ1n) is 9.79. The molecule has 0 aromatic heterocycles. The molecule has 0 bridgehead atoms. The standard InChI is InChI=1S/C20H42O2/c1-5-6-7-8-9-10-11-12-13-14-15-16-17-18-19-20(2,21-3)22-4/h5-19H2,1-4H3. The second-order valence-electron chi connectivity index (χ2n) is 6.89. The summed E-state index contributed by atoms with van der Waals surface area (Å²) in [4.78, 5) is 0. The lowest BCUT2D eigenvalue weighted by Crippen LogP contribution is -2.29. The van der Waals surface area contributed by atoms with Crippen LogP contribution in [0.3, 0.4) is 0 Å². The SMILES string of the molecule is CCCCCCCCCCCCCCCCC(C)(OC)OC. The van der Waals surface area contributed by atoms with Crippen molar-refractivity contribution in [2.45, 2.75) is 116 Å². The van der Waals surface area contributed by atoms with E-state index in [0.717, 1.165) is 6.42 Å². The average Bonchev–Trinajstić information content (AvgIpc) is 2.55. The Hall–Kier alpha value is -0.0800. The minimum Gasteiger partial charge on any atom is -0.353 e. The molecule has 0 aromatic rings. The molecule has 0 N–H and O–H groups in total. The normalized spacial score (nSPS) is 12.0. The van der Waals surface area contributed by atoms with E-state index in [2.05, 4.69) is 6.92 Å². The molecule has 0 unspecified atom stereocenters. The van der Waals surface area contributed by atoms with Gasteiger partial charge in [0.1, 0.15) is 0 Å². The topological polar surface area (TPSA) is 18.5 Å². The summed E-state index contributed by atoms with van der Waals surface area (Å²) in [5.74, 6) is -0.378. The number of hydrogen-bond donors (Lipinski definition) is 0. The van der Waals surface area contributed by atoms with E-state index in [0.29, 0.717) is 0 Å². The maximum atomic E-state index is 5.38. The molecule has 0 atom stereocenters. The van der Waals surface area contributed by atoms with Crippen molar-refractivity contribution in [3.8, 4) is 0 Å². The molecule has 0 aliphatic carbocycles. The van der Waals surface area contributed by atoms with Crippen LogP contribution in [0.5, 0.6) is 0 Å². The van der Waals surface area contributed by atoms with E-state index in [1.54, 1.807) is 14.2 Å². The summed E-state index contributed by atoms with van der Waals surface area (Å²) in [6, 6.07) is 0. The molecule has 2 nitrogen and oxygen atoms in total. The van der Waals surface area contributed by atoms with Crippen molar-refractivity contribution in [2.24, 2.45) is 0 Å². The highest BCUT2D eigenvalue weighted by Gasteiger charge is 2.21. The van der Waals surface area contributed by atoms with Gasteiger partial charge in [-0.15, -0.1) is 0 Å². The third-order valence-electron chi connectivity index (χ3n) is 4.85. The molecule has 134 valence electrons. The van der Waals surface area contributed by atoms with E-state index in [1.165, 1.54) is 89.9 Å². The van der Waals surface area contributed by atoms with Crippen molar-refractivity contribution in [1.29, 1.82) is 0 Å². The molecular formula is C20H42O2. The number of rotatable bonds is 17. The van der Waals surface area contributed by atoms with Gasteiger partial charge in [0.25, 0.3) is 0 Å². The predicted octanol–water partition coefficient (Wildman–Crippen LogP) is 6.87. The van der Waals surface area contributed by atoms with Gasteiger partial charge >= 0.3 is 0 Å². The summed E-state index contributed by atoms with van der Waals surface area (Å²) in [7, 11) is 3.46. The van der Waals surface area contributed by atoms with Gasteiger partial charge in [0, 0.05) is 20.6 Å². The second kappa shape index (κ2) is 15.8. The van der Waals surface area contributed by atoms with Crippen LogP contribution in [0, 0.1) is 0 Å². The van der Waals surface area contributed by atoms with Crippen LogP contribution in [0.4, 0.5) is 0 Å². The largest absolute Gasteiger partial charge is 0.353 e. The van der Waals surface area contributed by atoms with Gasteiger partial charge in [-0.05, 0) is 13.3 Å². The van der Waals surface area contributed by atoms with E-state index in [4.69, 9.17) is 9.47 Å². The first-order valence-corrected chi connectivity index (χ1v) is 9.79. The predicted molar refractivity (Wildman–Crippen MR) is 97.4 cm³/mol. The third-order valence-corrected chi connectivity index (χ3v) is 4.85. The second-order valence-corrected chi connectivity index (χ2v) is 6.89. The quantitative estimate of drug-likeness (QED) is 0.215. The smallest absolute Gasteiger partial charge is 0.164 e. The Morgan fingerprint density at radius 3 is 1.18 bits per heavy atom. The number of hydrogen-bond acceptors (Lipinski definition) is 2. The Morgan fingerprint density at radius 1 is 0.545 bits per heavy atom. The lowest BCUT2D eigenvalue weighted by Gasteiger charge is -2.26. The van der Waals surface area contributed by atoms with Crippen molar-refractivity contribution in [3.63, 3.8) is 0 Å². The highest BCUT2D eigenvalue weighted by molar-refractivity contribution is 4.61. The molecule has 22 heavy (non-hydrogen) atoms. The lowest BCUT2D eigenvalue weighted by atomic mass is 10.0. The van der Waals surface area contributed by atoms with E-state index in [-0.39, 0.29) is 5.79 Å². The van der Waals surface area contributed by atoms with Gasteiger partial charge in [0.05, 0.1) is 0 Å².